The van der Waals surface area contributed by atoms with Crippen LogP contribution in [0.1, 0.15) is 26.3 Å². The summed E-state index contributed by atoms with van der Waals surface area (Å²) in [5.41, 5.74) is 1.33. The van der Waals surface area contributed by atoms with E-state index in [4.69, 9.17) is 30.5 Å². The summed E-state index contributed by atoms with van der Waals surface area (Å²) in [6.07, 6.45) is 1.61. The van der Waals surface area contributed by atoms with Gasteiger partial charge in [0.25, 0.3) is 0 Å². The minimum atomic E-state index is -0.601. The van der Waals surface area contributed by atoms with E-state index in [0.29, 0.717) is 33.4 Å². The number of allylic oxidation sites excluding steroid dienone is 1. The van der Waals surface area contributed by atoms with E-state index >= 15 is 0 Å². The molecule has 6 nitrogen and oxygen atoms in total. The van der Waals surface area contributed by atoms with Crippen LogP contribution < -0.4 is 18.9 Å². The second kappa shape index (κ2) is 8.53. The van der Waals surface area contributed by atoms with Crippen molar-refractivity contribution in [2.75, 3.05) is 14.2 Å². The van der Waals surface area contributed by atoms with Gasteiger partial charge in [-0.3, -0.25) is 4.79 Å². The molecule has 0 saturated carbocycles. The molecule has 0 bridgehead atoms. The molecule has 1 aliphatic heterocycles. The van der Waals surface area contributed by atoms with Crippen molar-refractivity contribution in [2.45, 2.75) is 0 Å². The van der Waals surface area contributed by atoms with E-state index in [1.54, 1.807) is 61.7 Å². The third-order valence-corrected chi connectivity index (χ3v) is 4.98. The van der Waals surface area contributed by atoms with Gasteiger partial charge in [-0.15, -0.1) is 0 Å². The van der Waals surface area contributed by atoms with Crippen molar-refractivity contribution >= 4 is 29.4 Å². The maximum Gasteiger partial charge on any atom is 0.345 e. The Balaban J connectivity index is 1.56. The van der Waals surface area contributed by atoms with E-state index in [-0.39, 0.29) is 22.9 Å². The SMILES string of the molecule is COc1ccc(/C=C2\Oc3cc(OC(=O)c4ccccc4Cl)ccc3C2=O)cc1OC. The van der Waals surface area contributed by atoms with Gasteiger partial charge in [-0.1, -0.05) is 29.8 Å². The zero-order valence-corrected chi connectivity index (χ0v) is 17.4. The molecule has 0 N–H and O–H groups in total. The van der Waals surface area contributed by atoms with Crippen molar-refractivity contribution in [3.8, 4) is 23.0 Å². The zero-order chi connectivity index (χ0) is 22.0. The number of ether oxygens (including phenoxy) is 4. The Bertz CT molecular complexity index is 1210. The van der Waals surface area contributed by atoms with Gasteiger partial charge < -0.3 is 18.9 Å². The third kappa shape index (κ3) is 4.11. The first-order chi connectivity index (χ1) is 15.0. The van der Waals surface area contributed by atoms with Crippen LogP contribution in [0, 0.1) is 0 Å². The quantitative estimate of drug-likeness (QED) is 0.311. The number of ketones is 1. The summed E-state index contributed by atoms with van der Waals surface area (Å²) >= 11 is 6.04. The summed E-state index contributed by atoms with van der Waals surface area (Å²) in [7, 11) is 3.08. The van der Waals surface area contributed by atoms with Gasteiger partial charge in [-0.25, -0.2) is 4.79 Å². The number of methoxy groups -OCH3 is 2. The second-order valence-corrected chi connectivity index (χ2v) is 6.99. The maximum absolute atomic E-state index is 12.7. The van der Waals surface area contributed by atoms with Crippen molar-refractivity contribution in [1.29, 1.82) is 0 Å². The summed E-state index contributed by atoms with van der Waals surface area (Å²) in [6, 6.07) is 16.4. The van der Waals surface area contributed by atoms with E-state index < -0.39 is 5.97 Å². The molecule has 4 rings (SSSR count). The van der Waals surface area contributed by atoms with Crippen LogP contribution in [0.4, 0.5) is 0 Å². The molecule has 7 heteroatoms. The Hall–Kier alpha value is -3.77. The fourth-order valence-electron chi connectivity index (χ4n) is 3.11. The highest BCUT2D eigenvalue weighted by molar-refractivity contribution is 6.33. The van der Waals surface area contributed by atoms with Crippen LogP contribution in [0.2, 0.25) is 5.02 Å². The van der Waals surface area contributed by atoms with E-state index in [1.165, 1.54) is 19.2 Å². The van der Waals surface area contributed by atoms with Gasteiger partial charge in [0.15, 0.2) is 17.3 Å². The highest BCUT2D eigenvalue weighted by Crippen LogP contribution is 2.36. The standard InChI is InChI=1S/C24H17ClO6/c1-28-19-10-7-14(11-21(19)29-2)12-22-23(26)17-9-8-15(13-20(17)31-22)30-24(27)16-5-3-4-6-18(16)25/h3-13H,1-2H3/b22-12-. The smallest absolute Gasteiger partial charge is 0.345 e. The summed E-state index contributed by atoms with van der Waals surface area (Å²) in [4.78, 5) is 25.1. The van der Waals surface area contributed by atoms with Crippen molar-refractivity contribution < 1.29 is 28.5 Å². The number of carbonyl (C=O) groups is 2. The number of Topliss-reactive ketones (excluding diaryl/α,β-unsaturated/α-hetero) is 1. The Labute approximate surface area is 183 Å². The van der Waals surface area contributed by atoms with Crippen LogP contribution in [0.3, 0.4) is 0 Å². The minimum absolute atomic E-state index is 0.150. The van der Waals surface area contributed by atoms with Gasteiger partial charge >= 0.3 is 5.97 Å². The normalized spacial score (nSPS) is 13.5. The molecule has 1 aliphatic rings. The molecule has 0 saturated heterocycles. The summed E-state index contributed by atoms with van der Waals surface area (Å²) < 4.78 is 21.6. The number of hydrogen-bond acceptors (Lipinski definition) is 6. The molecule has 0 fully saturated rings. The summed E-state index contributed by atoms with van der Waals surface area (Å²) in [5.74, 6) is 0.941. The molecule has 3 aromatic carbocycles. The average molecular weight is 437 g/mol. The van der Waals surface area contributed by atoms with Crippen LogP contribution in [0.5, 0.6) is 23.0 Å². The lowest BCUT2D eigenvalue weighted by molar-refractivity contribution is 0.0734. The molecule has 1 heterocycles. The number of benzene rings is 3. The first kappa shape index (κ1) is 20.5. The Morgan fingerprint density at radius 3 is 2.48 bits per heavy atom. The predicted octanol–water partition coefficient (Wildman–Crippen LogP) is 5.19. The number of hydrogen-bond donors (Lipinski definition) is 0. The fraction of sp³-hybridized carbons (Fsp3) is 0.0833. The van der Waals surface area contributed by atoms with Crippen molar-refractivity contribution in [1.82, 2.24) is 0 Å². The van der Waals surface area contributed by atoms with Crippen molar-refractivity contribution in [3.63, 3.8) is 0 Å². The van der Waals surface area contributed by atoms with Crippen LogP contribution in [0.15, 0.2) is 66.4 Å². The Morgan fingerprint density at radius 1 is 0.968 bits per heavy atom. The molecule has 0 spiro atoms. The molecule has 31 heavy (non-hydrogen) atoms. The number of carbonyl (C=O) groups excluding carboxylic acids is 2. The van der Waals surface area contributed by atoms with Crippen LogP contribution in [0.25, 0.3) is 6.08 Å². The molecule has 0 radical (unpaired) electrons. The van der Waals surface area contributed by atoms with Gasteiger partial charge in [0.2, 0.25) is 5.78 Å². The van der Waals surface area contributed by atoms with Gasteiger partial charge in [-0.2, -0.15) is 0 Å². The molecular weight excluding hydrogens is 420 g/mol. The maximum atomic E-state index is 12.7. The van der Waals surface area contributed by atoms with Gasteiger partial charge in [0, 0.05) is 6.07 Å². The first-order valence-corrected chi connectivity index (χ1v) is 9.65. The molecular formula is C24H17ClO6. The topological polar surface area (TPSA) is 71.1 Å². The number of rotatable bonds is 5. The lowest BCUT2D eigenvalue weighted by Crippen LogP contribution is -2.09. The summed E-state index contributed by atoms with van der Waals surface area (Å²) in [6.45, 7) is 0. The van der Waals surface area contributed by atoms with Crippen molar-refractivity contribution in [3.05, 3.63) is 88.1 Å². The van der Waals surface area contributed by atoms with Gasteiger partial charge in [0.1, 0.15) is 11.5 Å². The average Bonchev–Trinajstić information content (AvgIpc) is 3.08. The van der Waals surface area contributed by atoms with Gasteiger partial charge in [0.05, 0.1) is 30.4 Å². The minimum Gasteiger partial charge on any atom is -0.493 e. The fourth-order valence-corrected chi connectivity index (χ4v) is 3.33. The lowest BCUT2D eigenvalue weighted by Gasteiger charge is -2.08. The number of fused-ring (bicyclic) bond motifs is 1. The van der Waals surface area contributed by atoms with E-state index in [0.717, 1.165) is 0 Å². The number of halogens is 1. The second-order valence-electron chi connectivity index (χ2n) is 6.58. The van der Waals surface area contributed by atoms with E-state index in [1.807, 2.05) is 0 Å². The molecule has 0 atom stereocenters. The molecule has 0 aliphatic carbocycles. The predicted molar refractivity (Wildman–Crippen MR) is 115 cm³/mol. The highest BCUT2D eigenvalue weighted by atomic mass is 35.5. The Kier molecular flexibility index (Phi) is 5.64. The van der Waals surface area contributed by atoms with Crippen LogP contribution in [-0.4, -0.2) is 26.0 Å². The molecule has 0 aromatic heterocycles. The number of esters is 1. The van der Waals surface area contributed by atoms with Crippen molar-refractivity contribution in [2.24, 2.45) is 0 Å². The highest BCUT2D eigenvalue weighted by Gasteiger charge is 2.28. The summed E-state index contributed by atoms with van der Waals surface area (Å²) in [5, 5.41) is 0.292. The van der Waals surface area contributed by atoms with Gasteiger partial charge in [-0.05, 0) is 48.0 Å². The monoisotopic (exact) mass is 436 g/mol. The molecule has 0 amide bonds. The largest absolute Gasteiger partial charge is 0.493 e. The Morgan fingerprint density at radius 2 is 1.74 bits per heavy atom. The first-order valence-electron chi connectivity index (χ1n) is 9.27. The lowest BCUT2D eigenvalue weighted by atomic mass is 10.1. The van der Waals surface area contributed by atoms with E-state index in [2.05, 4.69) is 0 Å². The molecule has 156 valence electrons. The zero-order valence-electron chi connectivity index (χ0n) is 16.7. The molecule has 3 aromatic rings. The van der Waals surface area contributed by atoms with E-state index in [9.17, 15) is 9.59 Å². The third-order valence-electron chi connectivity index (χ3n) is 4.65. The van der Waals surface area contributed by atoms with Crippen LogP contribution in [-0.2, 0) is 0 Å². The molecule has 0 unspecified atom stereocenters. The van der Waals surface area contributed by atoms with Crippen LogP contribution >= 0.6 is 11.6 Å².